The highest BCUT2D eigenvalue weighted by molar-refractivity contribution is 5.83. The summed E-state index contributed by atoms with van der Waals surface area (Å²) in [5.74, 6) is 0.462. The minimum absolute atomic E-state index is 0.00990. The van der Waals surface area contributed by atoms with E-state index in [9.17, 15) is 9.90 Å². The van der Waals surface area contributed by atoms with E-state index in [1.54, 1.807) is 17.3 Å². The first kappa shape index (κ1) is 15.3. The van der Waals surface area contributed by atoms with Gasteiger partial charge >= 0.3 is 0 Å². The first-order chi connectivity index (χ1) is 10.1. The molecule has 1 aromatic heterocycles. The van der Waals surface area contributed by atoms with E-state index in [1.165, 1.54) is 5.56 Å². The summed E-state index contributed by atoms with van der Waals surface area (Å²) >= 11 is 0. The van der Waals surface area contributed by atoms with Crippen LogP contribution in [-0.2, 0) is 11.3 Å². The molecule has 0 saturated carbocycles. The van der Waals surface area contributed by atoms with Crippen molar-refractivity contribution in [2.45, 2.75) is 26.3 Å². The Bertz CT molecular complexity index is 564. The summed E-state index contributed by atoms with van der Waals surface area (Å²) in [6, 6.07) is 7.95. The summed E-state index contributed by atoms with van der Waals surface area (Å²) in [5.41, 5.74) is 2.15. The van der Waals surface area contributed by atoms with Crippen molar-refractivity contribution in [3.63, 3.8) is 0 Å². The molecule has 5 heteroatoms. The molecule has 2 aromatic rings. The van der Waals surface area contributed by atoms with E-state index < -0.39 is 0 Å². The number of nitrogens with zero attached hydrogens (tertiary/aromatic N) is 2. The molecule has 2 rings (SSSR count). The number of carbonyl (C=O) groups is 1. The molecule has 0 bridgehead atoms. The molecule has 0 fully saturated rings. The van der Waals surface area contributed by atoms with E-state index in [0.29, 0.717) is 18.9 Å². The van der Waals surface area contributed by atoms with Crippen LogP contribution >= 0.6 is 0 Å². The van der Waals surface area contributed by atoms with Crippen LogP contribution in [0.4, 0.5) is 0 Å². The van der Waals surface area contributed by atoms with Crippen molar-refractivity contribution in [1.82, 2.24) is 14.9 Å². The van der Waals surface area contributed by atoms with Gasteiger partial charge in [-0.25, -0.2) is 4.98 Å². The molecule has 0 saturated heterocycles. The molecule has 1 amide bonds. The van der Waals surface area contributed by atoms with Crippen LogP contribution in [0.15, 0.2) is 36.7 Å². The Hall–Kier alpha value is -2.14. The predicted octanol–water partition coefficient (Wildman–Crippen LogP) is 1.84. The van der Waals surface area contributed by atoms with Gasteiger partial charge in [0.05, 0.1) is 19.1 Å². The second kappa shape index (κ2) is 7.04. The van der Waals surface area contributed by atoms with Gasteiger partial charge in [-0.2, -0.15) is 0 Å². The number of aromatic amines is 1. The Morgan fingerprint density at radius 2 is 2.10 bits per heavy atom. The molecule has 1 heterocycles. The SMILES string of the molecule is Cc1ccc(C(C)C(=O)N(CCO)Cc2ncc[nH]2)cc1. The normalized spacial score (nSPS) is 12.1. The average molecular weight is 287 g/mol. The largest absolute Gasteiger partial charge is 0.395 e. The van der Waals surface area contributed by atoms with Crippen LogP contribution in [-0.4, -0.2) is 39.0 Å². The van der Waals surface area contributed by atoms with Crippen LogP contribution in [0.5, 0.6) is 0 Å². The number of hydrogen-bond acceptors (Lipinski definition) is 3. The number of aryl methyl sites for hydroxylation is 1. The Kier molecular flexibility index (Phi) is 5.11. The second-order valence-electron chi connectivity index (χ2n) is 5.15. The summed E-state index contributed by atoms with van der Waals surface area (Å²) in [5, 5.41) is 9.18. The number of carbonyl (C=O) groups excluding carboxylic acids is 1. The van der Waals surface area contributed by atoms with Crippen molar-refractivity contribution in [3.8, 4) is 0 Å². The predicted molar refractivity (Wildman–Crippen MR) is 80.7 cm³/mol. The molecule has 1 aromatic carbocycles. The van der Waals surface area contributed by atoms with Crippen molar-refractivity contribution in [2.75, 3.05) is 13.2 Å². The molecular formula is C16H21N3O2. The monoisotopic (exact) mass is 287 g/mol. The van der Waals surface area contributed by atoms with E-state index in [1.807, 2.05) is 38.1 Å². The number of nitrogens with one attached hydrogen (secondary N) is 1. The van der Waals surface area contributed by atoms with E-state index in [4.69, 9.17) is 0 Å². The topological polar surface area (TPSA) is 69.2 Å². The molecule has 0 aliphatic rings. The molecule has 0 aliphatic carbocycles. The van der Waals surface area contributed by atoms with Gasteiger partial charge in [-0.05, 0) is 19.4 Å². The summed E-state index contributed by atoms with van der Waals surface area (Å²) in [6.45, 7) is 4.52. The van der Waals surface area contributed by atoms with Crippen LogP contribution < -0.4 is 0 Å². The van der Waals surface area contributed by atoms with E-state index in [2.05, 4.69) is 9.97 Å². The molecule has 21 heavy (non-hydrogen) atoms. The smallest absolute Gasteiger partial charge is 0.230 e. The van der Waals surface area contributed by atoms with Crippen LogP contribution in [0.25, 0.3) is 0 Å². The van der Waals surface area contributed by atoms with Gasteiger partial charge in [0.15, 0.2) is 0 Å². The third kappa shape index (κ3) is 3.92. The Morgan fingerprint density at radius 3 is 2.67 bits per heavy atom. The number of benzene rings is 1. The van der Waals surface area contributed by atoms with Gasteiger partial charge in [0.25, 0.3) is 0 Å². The number of imidazole rings is 1. The molecule has 5 nitrogen and oxygen atoms in total. The number of rotatable bonds is 6. The lowest BCUT2D eigenvalue weighted by Gasteiger charge is -2.24. The quantitative estimate of drug-likeness (QED) is 0.852. The Labute approximate surface area is 124 Å². The number of aliphatic hydroxyl groups is 1. The molecule has 0 radical (unpaired) electrons. The number of aromatic nitrogens is 2. The Balaban J connectivity index is 2.11. The molecule has 2 N–H and O–H groups in total. The minimum Gasteiger partial charge on any atom is -0.395 e. The Morgan fingerprint density at radius 1 is 1.38 bits per heavy atom. The summed E-state index contributed by atoms with van der Waals surface area (Å²) < 4.78 is 0. The van der Waals surface area contributed by atoms with Gasteiger partial charge in [-0.3, -0.25) is 4.79 Å². The van der Waals surface area contributed by atoms with Gasteiger partial charge in [0.2, 0.25) is 5.91 Å². The number of amides is 1. The molecule has 0 spiro atoms. The highest BCUT2D eigenvalue weighted by Crippen LogP contribution is 2.19. The molecular weight excluding hydrogens is 266 g/mol. The van der Waals surface area contributed by atoms with E-state index in [-0.39, 0.29) is 18.4 Å². The maximum atomic E-state index is 12.6. The molecule has 1 unspecified atom stereocenters. The lowest BCUT2D eigenvalue weighted by atomic mass is 9.98. The van der Waals surface area contributed by atoms with Crippen molar-refractivity contribution in [2.24, 2.45) is 0 Å². The van der Waals surface area contributed by atoms with Gasteiger partial charge in [0.1, 0.15) is 5.82 Å². The molecule has 112 valence electrons. The fraction of sp³-hybridized carbons (Fsp3) is 0.375. The van der Waals surface area contributed by atoms with E-state index >= 15 is 0 Å². The highest BCUT2D eigenvalue weighted by atomic mass is 16.3. The fourth-order valence-corrected chi connectivity index (χ4v) is 2.22. The van der Waals surface area contributed by atoms with Gasteiger partial charge in [-0.1, -0.05) is 29.8 Å². The van der Waals surface area contributed by atoms with E-state index in [0.717, 1.165) is 5.56 Å². The molecule has 0 aliphatic heterocycles. The zero-order valence-corrected chi connectivity index (χ0v) is 12.4. The first-order valence-electron chi connectivity index (χ1n) is 7.06. The number of hydrogen-bond donors (Lipinski definition) is 2. The van der Waals surface area contributed by atoms with Crippen LogP contribution in [0.3, 0.4) is 0 Å². The summed E-state index contributed by atoms with van der Waals surface area (Å²) in [7, 11) is 0. The van der Waals surface area contributed by atoms with Crippen molar-refractivity contribution >= 4 is 5.91 Å². The fourth-order valence-electron chi connectivity index (χ4n) is 2.22. The van der Waals surface area contributed by atoms with Gasteiger partial charge in [-0.15, -0.1) is 0 Å². The number of aliphatic hydroxyl groups excluding tert-OH is 1. The standard InChI is InChI=1S/C16H21N3O2/c1-12-3-5-14(6-4-12)13(2)16(21)19(9-10-20)11-15-17-7-8-18-15/h3-8,13,20H,9-11H2,1-2H3,(H,17,18). The first-order valence-corrected chi connectivity index (χ1v) is 7.06. The third-order valence-corrected chi connectivity index (χ3v) is 3.52. The highest BCUT2D eigenvalue weighted by Gasteiger charge is 2.22. The minimum atomic E-state index is -0.243. The molecule has 1 atom stereocenters. The zero-order valence-electron chi connectivity index (χ0n) is 12.4. The van der Waals surface area contributed by atoms with Crippen molar-refractivity contribution < 1.29 is 9.90 Å². The maximum Gasteiger partial charge on any atom is 0.230 e. The van der Waals surface area contributed by atoms with Crippen LogP contribution in [0, 0.1) is 6.92 Å². The van der Waals surface area contributed by atoms with Crippen molar-refractivity contribution in [3.05, 3.63) is 53.6 Å². The number of H-pyrrole nitrogens is 1. The zero-order chi connectivity index (χ0) is 15.2. The summed E-state index contributed by atoms with van der Waals surface area (Å²) in [4.78, 5) is 21.4. The third-order valence-electron chi connectivity index (χ3n) is 3.52. The van der Waals surface area contributed by atoms with Gasteiger partial charge < -0.3 is 15.0 Å². The van der Waals surface area contributed by atoms with Crippen LogP contribution in [0.1, 0.15) is 29.8 Å². The van der Waals surface area contributed by atoms with Crippen LogP contribution in [0.2, 0.25) is 0 Å². The van der Waals surface area contributed by atoms with Gasteiger partial charge in [0, 0.05) is 18.9 Å². The van der Waals surface area contributed by atoms with Crippen molar-refractivity contribution in [1.29, 1.82) is 0 Å². The lowest BCUT2D eigenvalue weighted by Crippen LogP contribution is -2.36. The summed E-state index contributed by atoms with van der Waals surface area (Å²) in [6.07, 6.45) is 3.38. The average Bonchev–Trinajstić information content (AvgIpc) is 2.99. The lowest BCUT2D eigenvalue weighted by molar-refractivity contribution is -0.133. The second-order valence-corrected chi connectivity index (χ2v) is 5.15. The maximum absolute atomic E-state index is 12.6.